The van der Waals surface area contributed by atoms with Crippen LogP contribution >= 0.6 is 0 Å². The molecule has 2 heterocycles. The molecule has 9 heteroatoms. The number of amides is 3. The van der Waals surface area contributed by atoms with Crippen LogP contribution in [0.1, 0.15) is 13.3 Å². The van der Waals surface area contributed by atoms with Gasteiger partial charge in [-0.3, -0.25) is 14.4 Å². The molecule has 2 atom stereocenters. The highest BCUT2D eigenvalue weighted by molar-refractivity contribution is 6.04. The lowest BCUT2D eigenvalue weighted by Crippen LogP contribution is -2.34. The number of nitrogens with zero attached hydrogens (tertiary/aromatic N) is 1. The molecule has 162 valence electrons. The number of carbonyl (C=O) groups is 3. The molecule has 0 saturated carbocycles. The molecule has 0 spiro atoms. The third-order valence-corrected chi connectivity index (χ3v) is 5.35. The molecule has 31 heavy (non-hydrogen) atoms. The summed E-state index contributed by atoms with van der Waals surface area (Å²) >= 11 is 0. The maximum atomic E-state index is 12.8. The monoisotopic (exact) mass is 425 g/mol. The van der Waals surface area contributed by atoms with Crippen LogP contribution < -0.4 is 29.7 Å². The summed E-state index contributed by atoms with van der Waals surface area (Å²) in [5, 5.41) is 5.57. The quantitative estimate of drug-likeness (QED) is 0.762. The Hall–Kier alpha value is -3.75. The third-order valence-electron chi connectivity index (χ3n) is 5.35. The summed E-state index contributed by atoms with van der Waals surface area (Å²) in [5.41, 5.74) is 1.65. The van der Waals surface area contributed by atoms with Gasteiger partial charge in [-0.2, -0.15) is 0 Å². The van der Waals surface area contributed by atoms with Crippen molar-refractivity contribution in [1.29, 1.82) is 0 Å². The second kappa shape index (κ2) is 8.17. The van der Waals surface area contributed by atoms with E-state index in [9.17, 15) is 14.4 Å². The van der Waals surface area contributed by atoms with Crippen molar-refractivity contribution in [2.24, 2.45) is 5.92 Å². The van der Waals surface area contributed by atoms with Gasteiger partial charge in [-0.25, -0.2) is 0 Å². The van der Waals surface area contributed by atoms with Crippen molar-refractivity contribution in [2.75, 3.05) is 36.3 Å². The van der Waals surface area contributed by atoms with Crippen molar-refractivity contribution in [1.82, 2.24) is 0 Å². The van der Waals surface area contributed by atoms with Gasteiger partial charge in [0.15, 0.2) is 17.6 Å². The van der Waals surface area contributed by atoms with Crippen LogP contribution in [0.2, 0.25) is 0 Å². The van der Waals surface area contributed by atoms with Gasteiger partial charge in [0.2, 0.25) is 11.8 Å². The smallest absolute Gasteiger partial charge is 0.265 e. The first-order chi connectivity index (χ1) is 14.9. The molecule has 0 aliphatic carbocycles. The number of rotatable bonds is 5. The minimum Gasteiger partial charge on any atom is -0.493 e. The molecule has 2 aliphatic heterocycles. The average Bonchev–Trinajstić information content (AvgIpc) is 3.16. The second-order valence-electron chi connectivity index (χ2n) is 7.39. The number of carbonyl (C=O) groups excluding carboxylic acids is 3. The fourth-order valence-electron chi connectivity index (χ4n) is 3.66. The molecule has 4 rings (SSSR count). The molecule has 0 radical (unpaired) electrons. The van der Waals surface area contributed by atoms with Gasteiger partial charge in [0.05, 0.1) is 25.8 Å². The molecule has 0 bridgehead atoms. The molecule has 9 nitrogen and oxygen atoms in total. The molecular weight excluding hydrogens is 402 g/mol. The SMILES string of the molecule is COc1ccc(N2CC(C(=O)Nc3ccc4c(c3)NC(=O)C(C)O4)CC2=O)cc1OC. The van der Waals surface area contributed by atoms with Crippen LogP contribution in [0.3, 0.4) is 0 Å². The number of benzene rings is 2. The predicted molar refractivity (Wildman–Crippen MR) is 114 cm³/mol. The maximum absolute atomic E-state index is 12.8. The first-order valence-electron chi connectivity index (χ1n) is 9.84. The van der Waals surface area contributed by atoms with Gasteiger partial charge in [-0.15, -0.1) is 0 Å². The van der Waals surface area contributed by atoms with Crippen LogP contribution in [0.5, 0.6) is 17.2 Å². The highest BCUT2D eigenvalue weighted by Gasteiger charge is 2.35. The summed E-state index contributed by atoms with van der Waals surface area (Å²) in [5.74, 6) is 0.435. The summed E-state index contributed by atoms with van der Waals surface area (Å²) in [7, 11) is 3.06. The fraction of sp³-hybridized carbons (Fsp3) is 0.318. The van der Waals surface area contributed by atoms with E-state index in [0.717, 1.165) is 0 Å². The minimum atomic E-state index is -0.569. The molecule has 3 amide bonds. The van der Waals surface area contributed by atoms with E-state index in [1.165, 1.54) is 14.2 Å². The topological polar surface area (TPSA) is 106 Å². The van der Waals surface area contributed by atoms with Gasteiger partial charge < -0.3 is 29.7 Å². The summed E-state index contributed by atoms with van der Waals surface area (Å²) in [6.45, 7) is 1.91. The Balaban J connectivity index is 1.46. The Labute approximate surface area is 179 Å². The molecule has 2 aromatic carbocycles. The number of anilines is 3. The van der Waals surface area contributed by atoms with Crippen molar-refractivity contribution >= 4 is 34.8 Å². The normalized spacial score (nSPS) is 19.9. The summed E-state index contributed by atoms with van der Waals surface area (Å²) in [4.78, 5) is 38.7. The van der Waals surface area contributed by atoms with Crippen molar-refractivity contribution in [3.63, 3.8) is 0 Å². The van der Waals surface area contributed by atoms with Gasteiger partial charge in [0.25, 0.3) is 5.91 Å². The Morgan fingerprint density at radius 2 is 1.90 bits per heavy atom. The number of hydrogen-bond acceptors (Lipinski definition) is 6. The molecule has 2 aromatic rings. The van der Waals surface area contributed by atoms with Crippen LogP contribution in [0.25, 0.3) is 0 Å². The molecule has 2 N–H and O–H groups in total. The Bertz CT molecular complexity index is 1050. The lowest BCUT2D eigenvalue weighted by molar-refractivity contribution is -0.122. The number of ether oxygens (including phenoxy) is 3. The van der Waals surface area contributed by atoms with E-state index in [0.29, 0.717) is 34.3 Å². The second-order valence-corrected chi connectivity index (χ2v) is 7.39. The van der Waals surface area contributed by atoms with Crippen molar-refractivity contribution in [2.45, 2.75) is 19.4 Å². The Kier molecular flexibility index (Phi) is 5.41. The van der Waals surface area contributed by atoms with Crippen LogP contribution in [0, 0.1) is 5.92 Å². The minimum absolute atomic E-state index is 0.0997. The molecule has 1 fully saturated rings. The zero-order chi connectivity index (χ0) is 22.1. The Morgan fingerprint density at radius 1 is 1.13 bits per heavy atom. The van der Waals surface area contributed by atoms with Crippen molar-refractivity contribution < 1.29 is 28.6 Å². The van der Waals surface area contributed by atoms with Gasteiger partial charge >= 0.3 is 0 Å². The number of hydrogen-bond donors (Lipinski definition) is 2. The van der Waals surface area contributed by atoms with Gasteiger partial charge in [-0.1, -0.05) is 0 Å². The molecular formula is C22H23N3O6. The van der Waals surface area contributed by atoms with E-state index >= 15 is 0 Å². The lowest BCUT2D eigenvalue weighted by atomic mass is 10.1. The van der Waals surface area contributed by atoms with Crippen LogP contribution in [-0.4, -0.2) is 44.6 Å². The molecule has 1 saturated heterocycles. The van der Waals surface area contributed by atoms with Crippen LogP contribution in [0.4, 0.5) is 17.1 Å². The largest absolute Gasteiger partial charge is 0.493 e. The first kappa shape index (κ1) is 20.5. The molecule has 0 aromatic heterocycles. The molecule has 2 aliphatic rings. The van der Waals surface area contributed by atoms with Gasteiger partial charge in [0, 0.05) is 30.4 Å². The van der Waals surface area contributed by atoms with E-state index < -0.39 is 12.0 Å². The highest BCUT2D eigenvalue weighted by Crippen LogP contribution is 2.35. The lowest BCUT2D eigenvalue weighted by Gasteiger charge is -2.24. The van der Waals surface area contributed by atoms with Gasteiger partial charge in [0.1, 0.15) is 5.75 Å². The summed E-state index contributed by atoms with van der Waals surface area (Å²) in [6, 6.07) is 10.2. The van der Waals surface area contributed by atoms with E-state index in [-0.39, 0.29) is 30.7 Å². The summed E-state index contributed by atoms with van der Waals surface area (Å²) in [6.07, 6.45) is -0.470. The Morgan fingerprint density at radius 3 is 2.65 bits per heavy atom. The van der Waals surface area contributed by atoms with E-state index in [1.54, 1.807) is 48.2 Å². The predicted octanol–water partition coefficient (Wildman–Crippen LogP) is 2.41. The molecule has 2 unspecified atom stereocenters. The number of fused-ring (bicyclic) bond motifs is 1. The van der Waals surface area contributed by atoms with Crippen LogP contribution in [-0.2, 0) is 14.4 Å². The van der Waals surface area contributed by atoms with E-state index in [4.69, 9.17) is 14.2 Å². The van der Waals surface area contributed by atoms with Gasteiger partial charge in [-0.05, 0) is 37.3 Å². The standard InChI is InChI=1S/C22H23N3O6/c1-12-21(27)24-16-9-14(4-6-17(16)31-12)23-22(28)13-8-20(26)25(11-13)15-5-7-18(29-2)19(10-15)30-3/h4-7,9-10,12-13H,8,11H2,1-3H3,(H,23,28)(H,24,27). The van der Waals surface area contributed by atoms with Crippen LogP contribution in [0.15, 0.2) is 36.4 Å². The number of nitrogens with one attached hydrogen (secondary N) is 2. The van der Waals surface area contributed by atoms with E-state index in [2.05, 4.69) is 10.6 Å². The zero-order valence-corrected chi connectivity index (χ0v) is 17.4. The first-order valence-corrected chi connectivity index (χ1v) is 9.84. The average molecular weight is 425 g/mol. The fourth-order valence-corrected chi connectivity index (χ4v) is 3.66. The van der Waals surface area contributed by atoms with Crippen molar-refractivity contribution in [3.05, 3.63) is 36.4 Å². The van der Waals surface area contributed by atoms with Crippen molar-refractivity contribution in [3.8, 4) is 17.2 Å². The third kappa shape index (κ3) is 3.98. The zero-order valence-electron chi connectivity index (χ0n) is 17.4. The summed E-state index contributed by atoms with van der Waals surface area (Å²) < 4.78 is 16.1. The number of methoxy groups -OCH3 is 2. The maximum Gasteiger partial charge on any atom is 0.265 e. The van der Waals surface area contributed by atoms with E-state index in [1.807, 2.05) is 0 Å². The highest BCUT2D eigenvalue weighted by atomic mass is 16.5.